The number of sulfonamides is 1. The molecule has 3 atom stereocenters. The van der Waals surface area contributed by atoms with Gasteiger partial charge in [-0.2, -0.15) is 0 Å². The van der Waals surface area contributed by atoms with Crippen LogP contribution in [0.5, 0.6) is 17.2 Å². The summed E-state index contributed by atoms with van der Waals surface area (Å²) >= 11 is 0. The van der Waals surface area contributed by atoms with E-state index in [-0.39, 0.29) is 40.3 Å². The summed E-state index contributed by atoms with van der Waals surface area (Å²) < 4.78 is 40.3. The van der Waals surface area contributed by atoms with Crippen LogP contribution in [0.3, 0.4) is 0 Å². The number of anilines is 1. The molecule has 1 aliphatic rings. The number of hydrogen-bond acceptors (Lipinski definition) is 9. The fraction of sp³-hybridized carbons (Fsp3) is 0.382. The zero-order valence-electron chi connectivity index (χ0n) is 27.4. The van der Waals surface area contributed by atoms with Gasteiger partial charge in [-0.1, -0.05) is 38.5 Å². The van der Waals surface area contributed by atoms with E-state index in [1.54, 1.807) is 31.4 Å². The van der Waals surface area contributed by atoms with Crippen LogP contribution in [0.2, 0.25) is 0 Å². The largest absolute Gasteiger partial charge is 0.493 e. The summed E-state index contributed by atoms with van der Waals surface area (Å²) in [4.78, 5) is 39.6. The summed E-state index contributed by atoms with van der Waals surface area (Å²) in [6.45, 7) is 5.43. The van der Waals surface area contributed by atoms with Crippen LogP contribution in [0.15, 0.2) is 58.2 Å². The van der Waals surface area contributed by atoms with Gasteiger partial charge in [-0.25, -0.2) is 13.6 Å². The van der Waals surface area contributed by atoms with Crippen LogP contribution in [0.1, 0.15) is 56.3 Å². The summed E-state index contributed by atoms with van der Waals surface area (Å²) in [6, 6.07) is 11.5. The van der Waals surface area contributed by atoms with Crippen molar-refractivity contribution in [1.29, 1.82) is 0 Å². The zero-order chi connectivity index (χ0) is 34.5. The zero-order valence-corrected chi connectivity index (χ0v) is 28.2. The Labute approximate surface area is 275 Å². The molecule has 0 radical (unpaired) electrons. The maximum absolute atomic E-state index is 13.8. The molecule has 0 aromatic heterocycles. The Morgan fingerprint density at radius 2 is 1.68 bits per heavy atom. The number of nitrogens with one attached hydrogen (secondary N) is 3. The van der Waals surface area contributed by atoms with Crippen molar-refractivity contribution in [3.8, 4) is 28.4 Å². The van der Waals surface area contributed by atoms with Crippen molar-refractivity contribution in [2.24, 2.45) is 11.1 Å². The van der Waals surface area contributed by atoms with Crippen molar-refractivity contribution in [1.82, 2.24) is 10.6 Å². The highest BCUT2D eigenvalue weighted by Crippen LogP contribution is 2.50. The van der Waals surface area contributed by atoms with Gasteiger partial charge in [0.2, 0.25) is 33.0 Å². The van der Waals surface area contributed by atoms with E-state index >= 15 is 0 Å². The normalized spacial score (nSPS) is 15.2. The highest BCUT2D eigenvalue weighted by atomic mass is 32.2. The lowest BCUT2D eigenvalue weighted by Gasteiger charge is -2.24. The average Bonchev–Trinajstić information content (AvgIpc) is 3.28. The van der Waals surface area contributed by atoms with E-state index in [9.17, 15) is 22.8 Å². The number of hydrogen-bond donors (Lipinski definition) is 4. The van der Waals surface area contributed by atoms with Crippen molar-refractivity contribution in [3.05, 3.63) is 75.4 Å². The average molecular weight is 667 g/mol. The molecule has 3 aromatic carbocycles. The SMILES string of the molecule is CC[C@H](C)[C@H](Nc1ccc2c(cc1=O)[C@H](NC(C)=O)CCc1cc(OC)c(OC)c(OC)c1-2)C(=O)NCc1ccc(S(N)(=O)=O)cc1. The van der Waals surface area contributed by atoms with Crippen molar-refractivity contribution in [2.45, 2.75) is 63.6 Å². The second kappa shape index (κ2) is 14.9. The van der Waals surface area contributed by atoms with Crippen LogP contribution in [-0.2, 0) is 32.6 Å². The Bertz CT molecular complexity index is 1810. The van der Waals surface area contributed by atoms with E-state index in [0.29, 0.717) is 53.2 Å². The monoisotopic (exact) mass is 666 g/mol. The molecule has 0 aliphatic heterocycles. The van der Waals surface area contributed by atoms with Gasteiger partial charge in [-0.05, 0) is 71.3 Å². The minimum atomic E-state index is -3.83. The molecule has 0 fully saturated rings. The summed E-state index contributed by atoms with van der Waals surface area (Å²) in [5.74, 6) is 0.609. The predicted molar refractivity (Wildman–Crippen MR) is 179 cm³/mol. The van der Waals surface area contributed by atoms with Crippen LogP contribution in [0, 0.1) is 5.92 Å². The molecule has 5 N–H and O–H groups in total. The summed E-state index contributed by atoms with van der Waals surface area (Å²) in [6.07, 6.45) is 1.73. The van der Waals surface area contributed by atoms with Gasteiger partial charge in [0.25, 0.3) is 0 Å². The van der Waals surface area contributed by atoms with E-state index in [4.69, 9.17) is 19.3 Å². The molecule has 252 valence electrons. The first-order valence-electron chi connectivity index (χ1n) is 15.3. The van der Waals surface area contributed by atoms with E-state index < -0.39 is 22.1 Å². The minimum absolute atomic E-state index is 0.0244. The number of carbonyl (C=O) groups excluding carboxylic acids is 2. The first-order chi connectivity index (χ1) is 22.3. The second-order valence-corrected chi connectivity index (χ2v) is 13.1. The molecule has 0 heterocycles. The van der Waals surface area contributed by atoms with E-state index in [1.165, 1.54) is 39.3 Å². The third kappa shape index (κ3) is 7.86. The Balaban J connectivity index is 1.76. The molecule has 0 saturated carbocycles. The number of methoxy groups -OCH3 is 3. The second-order valence-electron chi connectivity index (χ2n) is 11.5. The number of fused-ring (bicyclic) bond motifs is 3. The van der Waals surface area contributed by atoms with Gasteiger partial charge < -0.3 is 30.2 Å². The van der Waals surface area contributed by atoms with Crippen molar-refractivity contribution in [2.75, 3.05) is 26.6 Å². The van der Waals surface area contributed by atoms with E-state index in [0.717, 1.165) is 11.1 Å². The molecule has 3 aromatic rings. The molecule has 1 aliphatic carbocycles. The molecule has 13 heteroatoms. The van der Waals surface area contributed by atoms with Crippen molar-refractivity contribution in [3.63, 3.8) is 0 Å². The molecule has 12 nitrogen and oxygen atoms in total. The van der Waals surface area contributed by atoms with Crippen molar-refractivity contribution < 1.29 is 32.2 Å². The molecular formula is C34H42N4O8S. The van der Waals surface area contributed by atoms with Gasteiger partial charge in [0, 0.05) is 19.0 Å². The molecule has 47 heavy (non-hydrogen) atoms. The Morgan fingerprint density at radius 3 is 2.26 bits per heavy atom. The van der Waals surface area contributed by atoms with Gasteiger partial charge in [0.15, 0.2) is 11.5 Å². The standard InChI is InChI=1S/C34H42N4O8S/c1-7-19(2)31(34(41)36-18-21-8-11-23(12-9-21)47(35,42)43)38-27-15-13-24-25(17-28(27)40)26(37-20(3)39)14-10-22-16-29(44-4)32(45-5)33(46-6)30(22)24/h8-9,11-13,15-17,19,26,31H,7,10,14,18H2,1-6H3,(H,36,41)(H,37,39)(H,38,40)(H2,35,42,43)/t19-,26+,31-/m0/s1. The van der Waals surface area contributed by atoms with E-state index in [2.05, 4.69) is 16.0 Å². The topological polar surface area (TPSA) is 175 Å². The van der Waals surface area contributed by atoms with Gasteiger partial charge in [0.05, 0.1) is 38.0 Å². The van der Waals surface area contributed by atoms with Crippen LogP contribution < -0.4 is 40.7 Å². The lowest BCUT2D eigenvalue weighted by atomic mass is 9.95. The third-order valence-electron chi connectivity index (χ3n) is 8.44. The Hall–Kier alpha value is -4.62. The summed E-state index contributed by atoms with van der Waals surface area (Å²) in [7, 11) is 0.766. The minimum Gasteiger partial charge on any atom is -0.493 e. The number of primary sulfonamides is 1. The predicted octanol–water partition coefficient (Wildman–Crippen LogP) is 3.65. The van der Waals surface area contributed by atoms with Gasteiger partial charge in [0.1, 0.15) is 6.04 Å². The molecule has 0 bridgehead atoms. The Kier molecular flexibility index (Phi) is 11.1. The molecule has 0 unspecified atom stereocenters. The van der Waals surface area contributed by atoms with Crippen molar-refractivity contribution >= 4 is 27.5 Å². The lowest BCUT2D eigenvalue weighted by Crippen LogP contribution is -2.44. The van der Waals surface area contributed by atoms with Crippen LogP contribution >= 0.6 is 0 Å². The molecule has 0 spiro atoms. The quantitative estimate of drug-likeness (QED) is 0.225. The maximum atomic E-state index is 13.8. The van der Waals surface area contributed by atoms with Crippen LogP contribution in [0.25, 0.3) is 11.1 Å². The fourth-order valence-electron chi connectivity index (χ4n) is 5.79. The molecule has 2 amide bonds. The number of nitrogens with two attached hydrogens (primary N) is 1. The third-order valence-corrected chi connectivity index (χ3v) is 9.37. The first-order valence-corrected chi connectivity index (χ1v) is 16.8. The maximum Gasteiger partial charge on any atom is 0.243 e. The number of ether oxygens (including phenoxy) is 3. The Morgan fingerprint density at radius 1 is 1.00 bits per heavy atom. The smallest absolute Gasteiger partial charge is 0.243 e. The van der Waals surface area contributed by atoms with Gasteiger partial charge in [-0.3, -0.25) is 14.4 Å². The van der Waals surface area contributed by atoms with Crippen LogP contribution in [-0.4, -0.2) is 47.6 Å². The molecule has 0 saturated heterocycles. The number of carbonyl (C=O) groups is 2. The summed E-state index contributed by atoms with van der Waals surface area (Å²) in [5.41, 5.74) is 3.43. The highest BCUT2D eigenvalue weighted by Gasteiger charge is 2.30. The lowest BCUT2D eigenvalue weighted by molar-refractivity contribution is -0.123. The number of aryl methyl sites for hydroxylation is 1. The first kappa shape index (κ1) is 35.2. The number of benzene rings is 2. The number of rotatable bonds is 12. The molecular weight excluding hydrogens is 624 g/mol. The summed E-state index contributed by atoms with van der Waals surface area (Å²) in [5, 5.41) is 14.3. The van der Waals surface area contributed by atoms with Crippen LogP contribution in [0.4, 0.5) is 5.69 Å². The van der Waals surface area contributed by atoms with Gasteiger partial charge >= 0.3 is 0 Å². The highest BCUT2D eigenvalue weighted by molar-refractivity contribution is 7.89. The number of amides is 2. The molecule has 4 rings (SSSR count). The van der Waals surface area contributed by atoms with Gasteiger partial charge in [-0.15, -0.1) is 0 Å². The van der Waals surface area contributed by atoms with E-state index in [1.807, 2.05) is 19.9 Å². The fourth-order valence-corrected chi connectivity index (χ4v) is 6.31.